The molecule has 5 nitrogen and oxygen atoms in total. The third kappa shape index (κ3) is 2.86. The highest BCUT2D eigenvalue weighted by Crippen LogP contribution is 2.39. The van der Waals surface area contributed by atoms with Crippen LogP contribution >= 0.6 is 0 Å². The number of rotatable bonds is 2. The Morgan fingerprint density at radius 2 is 1.95 bits per heavy atom. The Morgan fingerprint density at radius 3 is 2.67 bits per heavy atom. The number of carbonyl (C=O) groups excluding carboxylic acids is 2. The van der Waals surface area contributed by atoms with Crippen LogP contribution in [0.4, 0.5) is 5.69 Å². The number of hydrogen-bond donors (Lipinski definition) is 2. The summed E-state index contributed by atoms with van der Waals surface area (Å²) >= 11 is 0. The van der Waals surface area contributed by atoms with Crippen molar-refractivity contribution in [2.45, 2.75) is 19.8 Å². The third-order valence-corrected chi connectivity index (χ3v) is 3.98. The molecule has 0 aromatic heterocycles. The first-order chi connectivity index (χ1) is 10.1. The average molecular weight is 283 g/mol. The lowest BCUT2D eigenvalue weighted by Crippen LogP contribution is -2.38. The fourth-order valence-corrected chi connectivity index (χ4v) is 2.66. The fraction of sp³-hybridized carbons (Fsp3) is 0.312. The second-order valence-corrected chi connectivity index (χ2v) is 5.50. The molecule has 0 bridgehead atoms. The van der Waals surface area contributed by atoms with E-state index in [-0.39, 0.29) is 0 Å². The Labute approximate surface area is 123 Å². The Bertz CT molecular complexity index is 631. The monoisotopic (exact) mass is 283 g/mol. The molecule has 0 spiro atoms. The second-order valence-electron chi connectivity index (χ2n) is 5.50. The van der Waals surface area contributed by atoms with Gasteiger partial charge < -0.3 is 5.32 Å². The van der Waals surface area contributed by atoms with Crippen molar-refractivity contribution >= 4 is 23.2 Å². The molecule has 2 N–H and O–H groups in total. The van der Waals surface area contributed by atoms with Crippen LogP contribution in [-0.2, 0) is 9.59 Å². The highest BCUT2D eigenvalue weighted by Gasteiger charge is 2.38. The third-order valence-electron chi connectivity index (χ3n) is 3.98. The predicted molar refractivity (Wildman–Crippen MR) is 80.7 cm³/mol. The van der Waals surface area contributed by atoms with Gasteiger partial charge >= 0.3 is 11.8 Å². The molecule has 0 saturated heterocycles. The average Bonchev–Trinajstić information content (AvgIpc) is 2.83. The van der Waals surface area contributed by atoms with Crippen LogP contribution in [0.15, 0.2) is 41.5 Å². The van der Waals surface area contributed by atoms with Crippen molar-refractivity contribution in [1.29, 1.82) is 0 Å². The maximum Gasteiger partial charge on any atom is 0.329 e. The lowest BCUT2D eigenvalue weighted by molar-refractivity contribution is -0.136. The highest BCUT2D eigenvalue weighted by atomic mass is 16.2. The summed E-state index contributed by atoms with van der Waals surface area (Å²) in [6, 6.07) is 7.25. The normalized spacial score (nSPS) is 24.3. The molecule has 0 radical (unpaired) electrons. The number of anilines is 1. The number of hydrogen-bond acceptors (Lipinski definition) is 3. The maximum atomic E-state index is 11.7. The number of nitrogens with zero attached hydrogens (tertiary/aromatic N) is 1. The second kappa shape index (κ2) is 5.52. The topological polar surface area (TPSA) is 70.6 Å². The lowest BCUT2D eigenvalue weighted by Gasteiger charge is -2.31. The minimum Gasteiger partial charge on any atom is -0.318 e. The molecule has 3 rings (SSSR count). The van der Waals surface area contributed by atoms with E-state index in [9.17, 15) is 9.59 Å². The molecule has 2 atom stereocenters. The number of amides is 2. The predicted octanol–water partition coefficient (Wildman–Crippen LogP) is 2.00. The number of carbonyl (C=O) groups is 2. The standard InChI is InChI=1S/C16H17N3O2/c1-10-5-7-12(8-6-10)17-15(20)16(21)19-18-14-9-11-3-2-4-13(11)14/h2-3,5-8,11,13H,4,9H2,1H3,(H,17,20)(H,19,21)/b18-14-/t11-,13+/m0/s1. The van der Waals surface area contributed by atoms with Crippen LogP contribution in [-0.4, -0.2) is 17.5 Å². The number of nitrogens with one attached hydrogen (secondary N) is 2. The Morgan fingerprint density at radius 1 is 1.19 bits per heavy atom. The Hall–Kier alpha value is -2.43. The van der Waals surface area contributed by atoms with Crippen molar-refractivity contribution in [3.63, 3.8) is 0 Å². The molecule has 0 heterocycles. The van der Waals surface area contributed by atoms with Gasteiger partial charge in [0.2, 0.25) is 0 Å². The molecule has 1 aromatic rings. The fourth-order valence-electron chi connectivity index (χ4n) is 2.66. The van der Waals surface area contributed by atoms with Crippen LogP contribution in [0.5, 0.6) is 0 Å². The summed E-state index contributed by atoms with van der Waals surface area (Å²) in [5, 5.41) is 6.61. The summed E-state index contributed by atoms with van der Waals surface area (Å²) in [5.41, 5.74) is 5.00. The van der Waals surface area contributed by atoms with Crippen molar-refractivity contribution in [3.8, 4) is 0 Å². The van der Waals surface area contributed by atoms with Crippen LogP contribution in [0.2, 0.25) is 0 Å². The van der Waals surface area contributed by atoms with Crippen molar-refractivity contribution in [2.75, 3.05) is 5.32 Å². The van der Waals surface area contributed by atoms with E-state index in [1.807, 2.05) is 19.1 Å². The molecule has 1 aromatic carbocycles. The number of allylic oxidation sites excluding steroid dienone is 2. The van der Waals surface area contributed by atoms with Gasteiger partial charge in [-0.05, 0) is 37.8 Å². The zero-order valence-corrected chi connectivity index (χ0v) is 11.8. The number of benzene rings is 1. The van der Waals surface area contributed by atoms with Crippen LogP contribution in [0.25, 0.3) is 0 Å². The molecule has 2 amide bonds. The van der Waals surface area contributed by atoms with E-state index in [0.29, 0.717) is 17.5 Å². The minimum absolute atomic E-state index is 0.422. The largest absolute Gasteiger partial charge is 0.329 e. The highest BCUT2D eigenvalue weighted by molar-refractivity contribution is 6.39. The van der Waals surface area contributed by atoms with Gasteiger partial charge in [-0.3, -0.25) is 9.59 Å². The summed E-state index contributed by atoms with van der Waals surface area (Å²) in [4.78, 5) is 23.4. The van der Waals surface area contributed by atoms with E-state index >= 15 is 0 Å². The van der Waals surface area contributed by atoms with E-state index in [0.717, 1.165) is 24.1 Å². The van der Waals surface area contributed by atoms with Crippen molar-refractivity contribution < 1.29 is 9.59 Å². The van der Waals surface area contributed by atoms with Crippen molar-refractivity contribution in [2.24, 2.45) is 16.9 Å². The summed E-state index contributed by atoms with van der Waals surface area (Å²) in [6.07, 6.45) is 6.19. The van der Waals surface area contributed by atoms with E-state index < -0.39 is 11.8 Å². The quantitative estimate of drug-likeness (QED) is 0.495. The van der Waals surface area contributed by atoms with Gasteiger partial charge in [0.15, 0.2) is 0 Å². The number of aryl methyl sites for hydroxylation is 1. The first-order valence-electron chi connectivity index (χ1n) is 7.04. The molecule has 1 fully saturated rings. The number of fused-ring (bicyclic) bond motifs is 1. The van der Waals surface area contributed by atoms with Gasteiger partial charge in [0.05, 0.1) is 0 Å². The summed E-state index contributed by atoms with van der Waals surface area (Å²) in [5.74, 6) is -0.450. The van der Waals surface area contributed by atoms with Crippen LogP contribution in [0.3, 0.4) is 0 Å². The zero-order chi connectivity index (χ0) is 14.8. The Balaban J connectivity index is 1.52. The van der Waals surface area contributed by atoms with Gasteiger partial charge in [0.1, 0.15) is 0 Å². The van der Waals surface area contributed by atoms with Crippen molar-refractivity contribution in [1.82, 2.24) is 5.43 Å². The van der Waals surface area contributed by atoms with Gasteiger partial charge in [-0.25, -0.2) is 5.43 Å². The van der Waals surface area contributed by atoms with E-state index in [2.05, 4.69) is 28.0 Å². The molecular formula is C16H17N3O2. The summed E-state index contributed by atoms with van der Waals surface area (Å²) in [6.45, 7) is 1.96. The zero-order valence-electron chi connectivity index (χ0n) is 11.8. The molecule has 0 aliphatic heterocycles. The summed E-state index contributed by atoms with van der Waals surface area (Å²) < 4.78 is 0. The van der Waals surface area contributed by atoms with Gasteiger partial charge in [-0.2, -0.15) is 5.10 Å². The van der Waals surface area contributed by atoms with Gasteiger partial charge in [0.25, 0.3) is 0 Å². The molecule has 108 valence electrons. The smallest absolute Gasteiger partial charge is 0.318 e. The minimum atomic E-state index is -0.738. The molecule has 1 saturated carbocycles. The lowest BCUT2D eigenvalue weighted by atomic mass is 9.74. The molecule has 21 heavy (non-hydrogen) atoms. The molecular weight excluding hydrogens is 266 g/mol. The van der Waals surface area contributed by atoms with Crippen LogP contribution in [0, 0.1) is 18.8 Å². The SMILES string of the molecule is Cc1ccc(NC(=O)C(=O)N/N=C2/C[C@@H]3C=CC[C@@H]23)cc1. The molecule has 2 aliphatic carbocycles. The van der Waals surface area contributed by atoms with Crippen LogP contribution < -0.4 is 10.7 Å². The van der Waals surface area contributed by atoms with E-state index in [1.54, 1.807) is 12.1 Å². The molecule has 0 unspecified atom stereocenters. The molecule has 2 aliphatic rings. The van der Waals surface area contributed by atoms with Crippen LogP contribution in [0.1, 0.15) is 18.4 Å². The van der Waals surface area contributed by atoms with Gasteiger partial charge in [-0.1, -0.05) is 29.8 Å². The van der Waals surface area contributed by atoms with E-state index in [4.69, 9.17) is 0 Å². The number of hydrazone groups is 1. The molecule has 5 heteroatoms. The van der Waals surface area contributed by atoms with Crippen molar-refractivity contribution in [3.05, 3.63) is 42.0 Å². The maximum absolute atomic E-state index is 11.7. The van der Waals surface area contributed by atoms with Gasteiger partial charge in [-0.15, -0.1) is 0 Å². The Kier molecular flexibility index (Phi) is 3.56. The first kappa shape index (κ1) is 13.5. The van der Waals surface area contributed by atoms with E-state index in [1.165, 1.54) is 0 Å². The summed E-state index contributed by atoms with van der Waals surface area (Å²) in [7, 11) is 0. The van der Waals surface area contributed by atoms with Gasteiger partial charge in [0, 0.05) is 17.3 Å². The first-order valence-corrected chi connectivity index (χ1v) is 7.04.